The van der Waals surface area contributed by atoms with Crippen LogP contribution in [0.25, 0.3) is 0 Å². The molecule has 2 N–H and O–H groups in total. The summed E-state index contributed by atoms with van der Waals surface area (Å²) in [7, 11) is 1.63. The maximum atomic E-state index is 12.0. The summed E-state index contributed by atoms with van der Waals surface area (Å²) < 4.78 is 5.13. The summed E-state index contributed by atoms with van der Waals surface area (Å²) in [6.45, 7) is 1.47. The summed E-state index contributed by atoms with van der Waals surface area (Å²) in [5.41, 5.74) is 6.77. The van der Waals surface area contributed by atoms with E-state index in [-0.39, 0.29) is 11.9 Å². The molecule has 1 aromatic rings. The second-order valence-electron chi connectivity index (χ2n) is 4.42. The molecule has 0 aliphatic carbocycles. The van der Waals surface area contributed by atoms with Crippen molar-refractivity contribution in [3.63, 3.8) is 0 Å². The van der Waals surface area contributed by atoms with E-state index in [2.05, 4.69) is 0 Å². The fourth-order valence-electron chi connectivity index (χ4n) is 2.08. The molecule has 1 aliphatic heterocycles. The molecule has 1 atom stereocenters. The molecule has 1 aromatic carbocycles. The summed E-state index contributed by atoms with van der Waals surface area (Å²) in [6.07, 6.45) is 1.33. The van der Waals surface area contributed by atoms with Gasteiger partial charge in [0.05, 0.1) is 13.5 Å². The molecule has 1 saturated heterocycles. The maximum Gasteiger partial charge on any atom is 0.227 e. The van der Waals surface area contributed by atoms with E-state index in [1.54, 1.807) is 7.11 Å². The molecule has 2 rings (SSSR count). The molecule has 1 amide bonds. The minimum Gasteiger partial charge on any atom is -0.497 e. The number of nitrogens with zero attached hydrogens (tertiary/aromatic N) is 1. The number of carbonyl (C=O) groups excluding carboxylic acids is 1. The van der Waals surface area contributed by atoms with Crippen LogP contribution >= 0.6 is 0 Å². The van der Waals surface area contributed by atoms with Gasteiger partial charge in [-0.1, -0.05) is 12.1 Å². The molecule has 4 heteroatoms. The number of nitrogens with two attached hydrogens (primary N) is 1. The Morgan fingerprint density at radius 3 is 3.06 bits per heavy atom. The summed E-state index contributed by atoms with van der Waals surface area (Å²) in [5.74, 6) is 0.930. The van der Waals surface area contributed by atoms with Crippen molar-refractivity contribution in [3.8, 4) is 5.75 Å². The van der Waals surface area contributed by atoms with Crippen molar-refractivity contribution < 1.29 is 9.53 Å². The Morgan fingerprint density at radius 1 is 1.59 bits per heavy atom. The highest BCUT2D eigenvalue weighted by molar-refractivity contribution is 5.79. The number of benzene rings is 1. The molecule has 1 heterocycles. The first kappa shape index (κ1) is 11.9. The van der Waals surface area contributed by atoms with Gasteiger partial charge in [0.25, 0.3) is 0 Å². The molecule has 0 bridgehead atoms. The van der Waals surface area contributed by atoms with Gasteiger partial charge in [0.2, 0.25) is 5.91 Å². The summed E-state index contributed by atoms with van der Waals surface area (Å²) in [4.78, 5) is 13.8. The monoisotopic (exact) mass is 234 g/mol. The quantitative estimate of drug-likeness (QED) is 0.841. The molecule has 1 unspecified atom stereocenters. The predicted molar refractivity (Wildman–Crippen MR) is 65.9 cm³/mol. The minimum absolute atomic E-state index is 0.143. The van der Waals surface area contributed by atoms with Crippen molar-refractivity contribution in [3.05, 3.63) is 29.8 Å². The average molecular weight is 234 g/mol. The molecule has 1 fully saturated rings. The third kappa shape index (κ3) is 2.97. The number of methoxy groups -OCH3 is 1. The molecular formula is C13H18N2O2. The lowest BCUT2D eigenvalue weighted by molar-refractivity contribution is -0.129. The zero-order valence-electron chi connectivity index (χ0n) is 10.1. The van der Waals surface area contributed by atoms with Gasteiger partial charge >= 0.3 is 0 Å². The highest BCUT2D eigenvalue weighted by Gasteiger charge is 2.23. The van der Waals surface area contributed by atoms with Crippen LogP contribution in [0.15, 0.2) is 24.3 Å². The van der Waals surface area contributed by atoms with Gasteiger partial charge in [0.1, 0.15) is 5.75 Å². The van der Waals surface area contributed by atoms with Crippen LogP contribution in [0.3, 0.4) is 0 Å². The number of rotatable bonds is 3. The van der Waals surface area contributed by atoms with Gasteiger partial charge < -0.3 is 15.4 Å². The molecule has 0 saturated carbocycles. The normalized spacial score (nSPS) is 19.4. The largest absolute Gasteiger partial charge is 0.497 e. The first-order chi connectivity index (χ1) is 8.19. The number of ether oxygens (including phenoxy) is 1. The zero-order chi connectivity index (χ0) is 12.3. The van der Waals surface area contributed by atoms with Crippen LogP contribution in [0, 0.1) is 0 Å². The van der Waals surface area contributed by atoms with Gasteiger partial charge in [-0.25, -0.2) is 0 Å². The zero-order valence-corrected chi connectivity index (χ0v) is 10.1. The van der Waals surface area contributed by atoms with E-state index in [9.17, 15) is 4.79 Å². The fraction of sp³-hybridized carbons (Fsp3) is 0.462. The molecule has 0 spiro atoms. The Labute approximate surface area is 101 Å². The Bertz CT molecular complexity index is 406. The van der Waals surface area contributed by atoms with Gasteiger partial charge in [-0.3, -0.25) is 4.79 Å². The molecule has 17 heavy (non-hydrogen) atoms. The number of hydrogen-bond acceptors (Lipinski definition) is 3. The van der Waals surface area contributed by atoms with Crippen molar-refractivity contribution in [2.45, 2.75) is 18.9 Å². The topological polar surface area (TPSA) is 55.6 Å². The van der Waals surface area contributed by atoms with Gasteiger partial charge in [-0.05, 0) is 24.1 Å². The van der Waals surface area contributed by atoms with Gasteiger partial charge in [0, 0.05) is 19.1 Å². The standard InChI is InChI=1S/C13H18N2O2/c1-17-12-4-2-3-10(7-12)8-13(16)15-6-5-11(14)9-15/h2-4,7,11H,5-6,8-9,14H2,1H3. The van der Waals surface area contributed by atoms with Crippen molar-refractivity contribution in [1.82, 2.24) is 4.90 Å². The lowest BCUT2D eigenvalue weighted by Gasteiger charge is -2.15. The van der Waals surface area contributed by atoms with E-state index in [0.717, 1.165) is 24.3 Å². The van der Waals surface area contributed by atoms with E-state index < -0.39 is 0 Å². The van der Waals surface area contributed by atoms with Crippen LogP contribution in [0.2, 0.25) is 0 Å². The first-order valence-corrected chi connectivity index (χ1v) is 5.85. The van der Waals surface area contributed by atoms with Crippen molar-refractivity contribution >= 4 is 5.91 Å². The predicted octanol–water partition coefficient (Wildman–Crippen LogP) is 0.797. The highest BCUT2D eigenvalue weighted by Crippen LogP contribution is 2.15. The third-order valence-electron chi connectivity index (χ3n) is 3.07. The third-order valence-corrected chi connectivity index (χ3v) is 3.07. The summed E-state index contributed by atoms with van der Waals surface area (Å²) in [6, 6.07) is 7.76. The van der Waals surface area contributed by atoms with E-state index >= 15 is 0 Å². The highest BCUT2D eigenvalue weighted by atomic mass is 16.5. The van der Waals surface area contributed by atoms with Crippen LogP contribution in [-0.2, 0) is 11.2 Å². The second-order valence-corrected chi connectivity index (χ2v) is 4.42. The van der Waals surface area contributed by atoms with Crippen LogP contribution in [0.4, 0.5) is 0 Å². The van der Waals surface area contributed by atoms with Crippen LogP contribution in [0.1, 0.15) is 12.0 Å². The fourth-order valence-corrected chi connectivity index (χ4v) is 2.08. The first-order valence-electron chi connectivity index (χ1n) is 5.85. The number of hydrogen-bond donors (Lipinski definition) is 1. The Hall–Kier alpha value is -1.55. The number of likely N-dealkylation sites (tertiary alicyclic amines) is 1. The van der Waals surface area contributed by atoms with E-state index in [1.165, 1.54) is 0 Å². The van der Waals surface area contributed by atoms with E-state index in [4.69, 9.17) is 10.5 Å². The summed E-state index contributed by atoms with van der Waals surface area (Å²) in [5, 5.41) is 0. The molecule has 1 aliphatic rings. The molecular weight excluding hydrogens is 216 g/mol. The lowest BCUT2D eigenvalue weighted by Crippen LogP contribution is -2.32. The molecule has 0 radical (unpaired) electrons. The Morgan fingerprint density at radius 2 is 2.41 bits per heavy atom. The maximum absolute atomic E-state index is 12.0. The smallest absolute Gasteiger partial charge is 0.227 e. The van der Waals surface area contributed by atoms with Gasteiger partial charge in [-0.2, -0.15) is 0 Å². The van der Waals surface area contributed by atoms with Crippen LogP contribution < -0.4 is 10.5 Å². The van der Waals surface area contributed by atoms with Crippen LogP contribution in [0.5, 0.6) is 5.75 Å². The van der Waals surface area contributed by atoms with Gasteiger partial charge in [-0.15, -0.1) is 0 Å². The minimum atomic E-state index is 0.143. The number of carbonyl (C=O) groups is 1. The summed E-state index contributed by atoms with van der Waals surface area (Å²) >= 11 is 0. The van der Waals surface area contributed by atoms with E-state index in [0.29, 0.717) is 13.0 Å². The van der Waals surface area contributed by atoms with E-state index in [1.807, 2.05) is 29.2 Å². The number of amides is 1. The lowest BCUT2D eigenvalue weighted by atomic mass is 10.1. The molecule has 92 valence electrons. The van der Waals surface area contributed by atoms with Crippen molar-refractivity contribution in [2.24, 2.45) is 5.73 Å². The SMILES string of the molecule is COc1cccc(CC(=O)N2CCC(N)C2)c1. The van der Waals surface area contributed by atoms with Crippen molar-refractivity contribution in [1.29, 1.82) is 0 Å². The molecule has 0 aromatic heterocycles. The molecule has 4 nitrogen and oxygen atoms in total. The Kier molecular flexibility index (Phi) is 3.64. The van der Waals surface area contributed by atoms with Crippen molar-refractivity contribution in [2.75, 3.05) is 20.2 Å². The average Bonchev–Trinajstić information content (AvgIpc) is 2.76. The Balaban J connectivity index is 1.98. The van der Waals surface area contributed by atoms with Gasteiger partial charge in [0.15, 0.2) is 0 Å². The van der Waals surface area contributed by atoms with Crippen LogP contribution in [-0.4, -0.2) is 37.0 Å². The second kappa shape index (κ2) is 5.19.